The fourth-order valence-corrected chi connectivity index (χ4v) is 2.56. The lowest BCUT2D eigenvalue weighted by Gasteiger charge is -2.19. The second-order valence-electron chi connectivity index (χ2n) is 5.12. The van der Waals surface area contributed by atoms with Gasteiger partial charge in [0.2, 0.25) is 0 Å². The molecule has 1 saturated carbocycles. The molecular formula is C12H24N2O. The van der Waals surface area contributed by atoms with Gasteiger partial charge in [-0.25, -0.2) is 0 Å². The van der Waals surface area contributed by atoms with Crippen molar-refractivity contribution in [3.63, 3.8) is 0 Å². The van der Waals surface area contributed by atoms with Crippen molar-refractivity contribution in [2.24, 2.45) is 11.8 Å². The van der Waals surface area contributed by atoms with Crippen molar-refractivity contribution in [1.29, 1.82) is 0 Å². The lowest BCUT2D eigenvalue weighted by atomic mass is 10.1. The van der Waals surface area contributed by atoms with E-state index in [0.717, 1.165) is 37.6 Å². The maximum absolute atomic E-state index is 5.12. The predicted octanol–water partition coefficient (Wildman–Crippen LogP) is 0.999. The third kappa shape index (κ3) is 3.44. The van der Waals surface area contributed by atoms with Gasteiger partial charge in [-0.3, -0.25) is 0 Å². The van der Waals surface area contributed by atoms with Gasteiger partial charge in [0.05, 0.1) is 13.2 Å². The van der Waals surface area contributed by atoms with Crippen LogP contribution in [0.3, 0.4) is 0 Å². The van der Waals surface area contributed by atoms with E-state index in [-0.39, 0.29) is 0 Å². The molecule has 0 aromatic rings. The number of fused-ring (bicyclic) bond motifs is 1. The molecule has 2 aliphatic heterocycles. The van der Waals surface area contributed by atoms with E-state index in [1.54, 1.807) is 0 Å². The van der Waals surface area contributed by atoms with E-state index in [2.05, 4.69) is 24.5 Å². The first-order valence-corrected chi connectivity index (χ1v) is 6.32. The molecule has 0 spiro atoms. The van der Waals surface area contributed by atoms with E-state index >= 15 is 0 Å². The summed E-state index contributed by atoms with van der Waals surface area (Å²) in [6.45, 7) is 8.47. The van der Waals surface area contributed by atoms with Crippen molar-refractivity contribution < 1.29 is 4.74 Å². The smallest absolute Gasteiger partial charge is 0.0617 e. The quantitative estimate of drug-likeness (QED) is 0.628. The molecule has 0 aromatic heterocycles. The summed E-state index contributed by atoms with van der Waals surface area (Å²) >= 11 is 0. The van der Waals surface area contributed by atoms with Crippen molar-refractivity contribution in [3.05, 3.63) is 0 Å². The van der Waals surface area contributed by atoms with Crippen LogP contribution in [0.5, 0.6) is 0 Å². The van der Waals surface area contributed by atoms with Gasteiger partial charge in [-0.2, -0.15) is 0 Å². The zero-order valence-corrected chi connectivity index (χ0v) is 9.96. The van der Waals surface area contributed by atoms with Crippen LogP contribution in [0.1, 0.15) is 26.7 Å². The van der Waals surface area contributed by atoms with Crippen LogP contribution < -0.4 is 10.6 Å². The second-order valence-corrected chi connectivity index (χ2v) is 5.12. The molecule has 3 aliphatic rings. The van der Waals surface area contributed by atoms with Gasteiger partial charge >= 0.3 is 0 Å². The minimum absolute atomic E-state index is 0.564. The highest BCUT2D eigenvalue weighted by atomic mass is 16.5. The highest BCUT2D eigenvalue weighted by Gasteiger charge is 2.42. The first-order valence-electron chi connectivity index (χ1n) is 6.32. The standard InChI is InChI=1S/C7H13N.C5H11NO/c1-5-7-4-6(7)2-3-8-5;1-5-4-7-3-2-6-5/h5-8H,2-4H2,1H3;5-6H,2-4H2,1H3. The predicted molar refractivity (Wildman–Crippen MR) is 62.0 cm³/mol. The first kappa shape index (κ1) is 11.4. The molecule has 2 N–H and O–H groups in total. The molecule has 15 heavy (non-hydrogen) atoms. The van der Waals surface area contributed by atoms with Gasteiger partial charge in [0.1, 0.15) is 0 Å². The van der Waals surface area contributed by atoms with Crippen molar-refractivity contribution in [2.45, 2.75) is 38.8 Å². The topological polar surface area (TPSA) is 33.3 Å². The summed E-state index contributed by atoms with van der Waals surface area (Å²) in [6.07, 6.45) is 2.95. The van der Waals surface area contributed by atoms with E-state index in [4.69, 9.17) is 4.74 Å². The van der Waals surface area contributed by atoms with Crippen LogP contribution in [0.25, 0.3) is 0 Å². The Hall–Kier alpha value is -0.120. The van der Waals surface area contributed by atoms with Gasteiger partial charge in [0, 0.05) is 18.6 Å². The average Bonchev–Trinajstić information content (AvgIpc) is 3.00. The lowest BCUT2D eigenvalue weighted by molar-refractivity contribution is 0.0824. The minimum atomic E-state index is 0.564. The summed E-state index contributed by atoms with van der Waals surface area (Å²) in [5.41, 5.74) is 0. The van der Waals surface area contributed by atoms with Gasteiger partial charge in [0.15, 0.2) is 0 Å². The largest absolute Gasteiger partial charge is 0.379 e. The third-order valence-electron chi connectivity index (χ3n) is 3.71. The van der Waals surface area contributed by atoms with Crippen molar-refractivity contribution in [3.8, 4) is 0 Å². The van der Waals surface area contributed by atoms with Crippen LogP contribution in [0.4, 0.5) is 0 Å². The highest BCUT2D eigenvalue weighted by Crippen LogP contribution is 2.45. The second kappa shape index (κ2) is 5.28. The lowest BCUT2D eigenvalue weighted by Crippen LogP contribution is -2.38. The summed E-state index contributed by atoms with van der Waals surface area (Å²) in [5, 5.41) is 6.73. The molecule has 4 atom stereocenters. The Morgan fingerprint density at radius 2 is 2.00 bits per heavy atom. The number of rotatable bonds is 0. The van der Waals surface area contributed by atoms with Crippen LogP contribution in [0, 0.1) is 11.8 Å². The summed E-state index contributed by atoms with van der Waals surface area (Å²) in [5.74, 6) is 2.18. The molecule has 3 nitrogen and oxygen atoms in total. The Morgan fingerprint density at radius 1 is 1.13 bits per heavy atom. The fourth-order valence-electron chi connectivity index (χ4n) is 2.56. The number of hydrogen-bond acceptors (Lipinski definition) is 3. The Kier molecular flexibility index (Phi) is 4.00. The first-order chi connectivity index (χ1) is 7.27. The minimum Gasteiger partial charge on any atom is -0.379 e. The molecule has 0 radical (unpaired) electrons. The van der Waals surface area contributed by atoms with Crippen LogP contribution in [-0.4, -0.2) is 38.4 Å². The Labute approximate surface area is 93.0 Å². The SMILES string of the molecule is CC1COCCN1.CC1NCCC2CC21. The van der Waals surface area contributed by atoms with Gasteiger partial charge < -0.3 is 15.4 Å². The number of piperidine rings is 1. The molecule has 3 rings (SSSR count). The number of nitrogens with one attached hydrogen (secondary N) is 2. The van der Waals surface area contributed by atoms with Crippen LogP contribution >= 0.6 is 0 Å². The Morgan fingerprint density at radius 3 is 2.47 bits per heavy atom. The Balaban J connectivity index is 0.000000115. The molecule has 2 saturated heterocycles. The third-order valence-corrected chi connectivity index (χ3v) is 3.71. The molecule has 3 heteroatoms. The molecule has 0 amide bonds. The van der Waals surface area contributed by atoms with Gasteiger partial charge in [-0.15, -0.1) is 0 Å². The zero-order valence-electron chi connectivity index (χ0n) is 9.96. The molecular weight excluding hydrogens is 188 g/mol. The molecule has 4 unspecified atom stereocenters. The molecule has 0 aromatic carbocycles. The average molecular weight is 212 g/mol. The van der Waals surface area contributed by atoms with E-state index in [1.165, 1.54) is 19.4 Å². The summed E-state index contributed by atoms with van der Waals surface area (Å²) in [6, 6.07) is 1.39. The van der Waals surface area contributed by atoms with E-state index in [0.29, 0.717) is 6.04 Å². The van der Waals surface area contributed by atoms with Crippen molar-refractivity contribution in [2.75, 3.05) is 26.3 Å². The van der Waals surface area contributed by atoms with E-state index < -0.39 is 0 Å². The monoisotopic (exact) mass is 212 g/mol. The zero-order chi connectivity index (χ0) is 10.7. The van der Waals surface area contributed by atoms with Crippen molar-refractivity contribution in [1.82, 2.24) is 10.6 Å². The maximum Gasteiger partial charge on any atom is 0.0617 e. The molecule has 3 fully saturated rings. The fraction of sp³-hybridized carbons (Fsp3) is 1.00. The number of ether oxygens (including phenoxy) is 1. The van der Waals surface area contributed by atoms with Crippen molar-refractivity contribution >= 4 is 0 Å². The number of hydrogen-bond donors (Lipinski definition) is 2. The van der Waals surface area contributed by atoms with E-state index in [1.807, 2.05) is 0 Å². The Bertz CT molecular complexity index is 192. The van der Waals surface area contributed by atoms with Crippen LogP contribution in [-0.2, 0) is 4.74 Å². The molecule has 2 heterocycles. The van der Waals surface area contributed by atoms with Crippen LogP contribution in [0.2, 0.25) is 0 Å². The van der Waals surface area contributed by atoms with Crippen LogP contribution in [0.15, 0.2) is 0 Å². The summed E-state index contributed by atoms with van der Waals surface area (Å²) in [4.78, 5) is 0. The normalized spacial score (nSPS) is 43.6. The summed E-state index contributed by atoms with van der Waals surface area (Å²) in [7, 11) is 0. The highest BCUT2D eigenvalue weighted by molar-refractivity contribution is 4.96. The molecule has 0 bridgehead atoms. The van der Waals surface area contributed by atoms with Gasteiger partial charge in [-0.1, -0.05) is 0 Å². The van der Waals surface area contributed by atoms with E-state index in [9.17, 15) is 0 Å². The number of morpholine rings is 1. The maximum atomic E-state index is 5.12. The molecule has 88 valence electrons. The molecule has 1 aliphatic carbocycles. The summed E-state index contributed by atoms with van der Waals surface area (Å²) < 4.78 is 5.12. The van der Waals surface area contributed by atoms with Gasteiger partial charge in [0.25, 0.3) is 0 Å². The van der Waals surface area contributed by atoms with Gasteiger partial charge in [-0.05, 0) is 45.1 Å².